The Morgan fingerprint density at radius 3 is 2.20 bits per heavy atom. The summed E-state index contributed by atoms with van der Waals surface area (Å²) in [6, 6.07) is 2.19. The van der Waals surface area contributed by atoms with Crippen molar-refractivity contribution in [2.24, 2.45) is 5.92 Å². The van der Waals surface area contributed by atoms with Gasteiger partial charge in [-0.1, -0.05) is 0 Å². The van der Waals surface area contributed by atoms with Crippen LogP contribution in [0.1, 0.15) is 59.3 Å². The Hall–Kier alpha value is -0.160. The predicted molar refractivity (Wildman–Crippen MR) is 105 cm³/mol. The Bertz CT molecular complexity index is 383. The Labute approximate surface area is 156 Å². The van der Waals surface area contributed by atoms with Gasteiger partial charge in [-0.05, 0) is 91.9 Å². The van der Waals surface area contributed by atoms with E-state index in [1.807, 2.05) is 0 Å². The van der Waals surface area contributed by atoms with Gasteiger partial charge in [-0.15, -0.1) is 0 Å². The van der Waals surface area contributed by atoms with Crippen molar-refractivity contribution in [1.82, 2.24) is 19.6 Å². The average molecular weight is 349 g/mol. The van der Waals surface area contributed by atoms with Gasteiger partial charge in [0.1, 0.15) is 6.67 Å². The van der Waals surface area contributed by atoms with Crippen LogP contribution in [0.15, 0.2) is 0 Å². The minimum absolute atomic E-state index is 0.679. The zero-order valence-electron chi connectivity index (χ0n) is 17.1. The molecule has 3 aliphatic heterocycles. The van der Waals surface area contributed by atoms with Gasteiger partial charge in [-0.25, -0.2) is 0 Å². The monoisotopic (exact) mass is 348 g/mol. The first-order valence-corrected chi connectivity index (χ1v) is 10.7. The Morgan fingerprint density at radius 2 is 1.64 bits per heavy atom. The number of hydrogen-bond acceptors (Lipinski definition) is 4. The average Bonchev–Trinajstić information content (AvgIpc) is 3.01. The quantitative estimate of drug-likeness (QED) is 0.684. The second-order valence-corrected chi connectivity index (χ2v) is 8.99. The second kappa shape index (κ2) is 9.16. The molecule has 3 fully saturated rings. The molecule has 0 saturated carbocycles. The molecule has 4 heteroatoms. The molecule has 4 nitrogen and oxygen atoms in total. The highest BCUT2D eigenvalue weighted by molar-refractivity contribution is 4.86. The fourth-order valence-corrected chi connectivity index (χ4v) is 4.91. The summed E-state index contributed by atoms with van der Waals surface area (Å²) in [6.07, 6.45) is 8.06. The molecule has 0 aliphatic carbocycles. The molecule has 3 aliphatic rings. The van der Waals surface area contributed by atoms with Crippen LogP contribution in [0.3, 0.4) is 0 Å². The van der Waals surface area contributed by atoms with Crippen molar-refractivity contribution in [3.8, 4) is 0 Å². The smallest absolute Gasteiger partial charge is 0.146 e. The highest BCUT2D eigenvalue weighted by atomic mass is 15.3. The second-order valence-electron chi connectivity index (χ2n) is 8.99. The van der Waals surface area contributed by atoms with Crippen LogP contribution in [0, 0.1) is 12.6 Å². The maximum atomic E-state index is 3.69. The largest absolute Gasteiger partial charge is 0.301 e. The van der Waals surface area contributed by atoms with Crippen molar-refractivity contribution in [3.63, 3.8) is 0 Å². The lowest BCUT2D eigenvalue weighted by Crippen LogP contribution is -2.47. The van der Waals surface area contributed by atoms with Crippen molar-refractivity contribution in [3.05, 3.63) is 6.67 Å². The normalized spacial score (nSPS) is 29.3. The van der Waals surface area contributed by atoms with Crippen molar-refractivity contribution < 1.29 is 0 Å². The Balaban J connectivity index is 1.34. The van der Waals surface area contributed by atoms with Gasteiger partial charge in [0, 0.05) is 37.8 Å². The zero-order valence-corrected chi connectivity index (χ0v) is 17.1. The summed E-state index contributed by atoms with van der Waals surface area (Å²) in [5, 5.41) is 0. The van der Waals surface area contributed by atoms with E-state index in [4.69, 9.17) is 0 Å². The van der Waals surface area contributed by atoms with E-state index in [0.29, 0.717) is 12.1 Å². The number of rotatable bonds is 6. The van der Waals surface area contributed by atoms with Gasteiger partial charge in [0.15, 0.2) is 0 Å². The standard InChI is InChI=1S/C21H40N4/c1-18(2)24-14-9-21(10-15-24)22(4)17-23-12-7-20(8-13-23)16-25-11-5-6-19(25)3/h18-21H,5-16H2,1-4H3. The lowest BCUT2D eigenvalue weighted by Gasteiger charge is -2.41. The van der Waals surface area contributed by atoms with E-state index in [-0.39, 0.29) is 0 Å². The van der Waals surface area contributed by atoms with Gasteiger partial charge in [-0.3, -0.25) is 9.80 Å². The lowest BCUT2D eigenvalue weighted by molar-refractivity contribution is 0.0821. The summed E-state index contributed by atoms with van der Waals surface area (Å²) in [5.41, 5.74) is 0. The van der Waals surface area contributed by atoms with E-state index >= 15 is 0 Å². The van der Waals surface area contributed by atoms with Gasteiger partial charge >= 0.3 is 0 Å². The van der Waals surface area contributed by atoms with Gasteiger partial charge in [0.25, 0.3) is 0 Å². The van der Waals surface area contributed by atoms with E-state index in [0.717, 1.165) is 12.0 Å². The predicted octanol–water partition coefficient (Wildman–Crippen LogP) is 2.98. The van der Waals surface area contributed by atoms with Crippen LogP contribution in [0.2, 0.25) is 0 Å². The van der Waals surface area contributed by atoms with Crippen molar-refractivity contribution >= 4 is 0 Å². The van der Waals surface area contributed by atoms with Crippen LogP contribution in [0.25, 0.3) is 0 Å². The van der Waals surface area contributed by atoms with Crippen LogP contribution in [0.5, 0.6) is 0 Å². The first-order chi connectivity index (χ1) is 12.0. The molecule has 3 saturated heterocycles. The maximum Gasteiger partial charge on any atom is 0.146 e. The number of likely N-dealkylation sites (tertiary alicyclic amines) is 3. The summed E-state index contributed by atoms with van der Waals surface area (Å²) >= 11 is 0. The number of piperidine rings is 2. The van der Waals surface area contributed by atoms with Crippen LogP contribution in [-0.2, 0) is 0 Å². The topological polar surface area (TPSA) is 13.0 Å². The molecule has 0 bridgehead atoms. The highest BCUT2D eigenvalue weighted by Gasteiger charge is 2.29. The first kappa shape index (κ1) is 19.6. The van der Waals surface area contributed by atoms with E-state index in [1.165, 1.54) is 77.8 Å². The summed E-state index contributed by atoms with van der Waals surface area (Å²) in [4.78, 5) is 10.2. The van der Waals surface area contributed by atoms with Gasteiger partial charge in [0.2, 0.25) is 0 Å². The maximum absolute atomic E-state index is 3.69. The minimum atomic E-state index is 0.679. The fraction of sp³-hybridized carbons (Fsp3) is 0.952. The van der Waals surface area contributed by atoms with Crippen molar-refractivity contribution in [2.45, 2.75) is 77.4 Å². The third-order valence-electron chi connectivity index (χ3n) is 6.87. The molecule has 0 aromatic heterocycles. The van der Waals surface area contributed by atoms with Crippen LogP contribution in [-0.4, -0.2) is 84.0 Å². The van der Waals surface area contributed by atoms with E-state index in [2.05, 4.69) is 54.1 Å². The molecule has 0 amide bonds. The Kier molecular flexibility index (Phi) is 7.18. The summed E-state index contributed by atoms with van der Waals surface area (Å²) < 4.78 is 0. The van der Waals surface area contributed by atoms with Crippen LogP contribution < -0.4 is 0 Å². The molecule has 1 atom stereocenters. The molecule has 144 valence electrons. The molecule has 0 aromatic carbocycles. The SMILES string of the molecule is CC(C)N1CCC(N(C)[C]N2CCC(CN3CCCC3C)CC2)CC1. The number of hydrogen-bond donors (Lipinski definition) is 0. The fourth-order valence-electron chi connectivity index (χ4n) is 4.91. The molecule has 0 aromatic rings. The van der Waals surface area contributed by atoms with Crippen molar-refractivity contribution in [1.29, 1.82) is 0 Å². The van der Waals surface area contributed by atoms with E-state index in [1.54, 1.807) is 0 Å². The third kappa shape index (κ3) is 5.41. The van der Waals surface area contributed by atoms with Gasteiger partial charge in [-0.2, -0.15) is 0 Å². The number of nitrogens with zero attached hydrogens (tertiary/aromatic N) is 4. The molecule has 25 heavy (non-hydrogen) atoms. The minimum Gasteiger partial charge on any atom is -0.301 e. The van der Waals surface area contributed by atoms with Crippen LogP contribution >= 0.6 is 0 Å². The Morgan fingerprint density at radius 1 is 0.960 bits per heavy atom. The molecular weight excluding hydrogens is 308 g/mol. The molecule has 3 rings (SSSR count). The van der Waals surface area contributed by atoms with E-state index < -0.39 is 0 Å². The molecule has 0 N–H and O–H groups in total. The van der Waals surface area contributed by atoms with Crippen LogP contribution in [0.4, 0.5) is 0 Å². The summed E-state index contributed by atoms with van der Waals surface area (Å²) in [6.45, 7) is 18.3. The summed E-state index contributed by atoms with van der Waals surface area (Å²) in [5.74, 6) is 0.901. The molecule has 2 radical (unpaired) electrons. The molecule has 0 spiro atoms. The highest BCUT2D eigenvalue weighted by Crippen LogP contribution is 2.25. The van der Waals surface area contributed by atoms with E-state index in [9.17, 15) is 0 Å². The zero-order chi connectivity index (χ0) is 17.8. The first-order valence-electron chi connectivity index (χ1n) is 10.7. The molecule has 3 heterocycles. The third-order valence-corrected chi connectivity index (χ3v) is 6.87. The van der Waals surface area contributed by atoms with Crippen molar-refractivity contribution in [2.75, 3.05) is 46.3 Å². The molecule has 1 unspecified atom stereocenters. The lowest BCUT2D eigenvalue weighted by atomic mass is 9.96. The molecular formula is C21H40N4. The van der Waals surface area contributed by atoms with Gasteiger partial charge < -0.3 is 9.80 Å². The summed E-state index contributed by atoms with van der Waals surface area (Å²) in [7, 11) is 2.24. The van der Waals surface area contributed by atoms with Gasteiger partial charge in [0.05, 0.1) is 0 Å².